The van der Waals surface area contributed by atoms with Crippen LogP contribution < -0.4 is 0 Å². The van der Waals surface area contributed by atoms with Crippen LogP contribution in [-0.4, -0.2) is 13.2 Å². The van der Waals surface area contributed by atoms with Gasteiger partial charge in [0.2, 0.25) is 0 Å². The van der Waals surface area contributed by atoms with E-state index in [2.05, 4.69) is 36.7 Å². The molecular formula is C12H22BrO3P. The third-order valence-corrected chi connectivity index (χ3v) is 6.26. The molecule has 1 heterocycles. The number of rotatable bonds is 1. The van der Waals surface area contributed by atoms with Crippen molar-refractivity contribution in [2.75, 3.05) is 7.11 Å². The molecule has 0 saturated carbocycles. The predicted molar refractivity (Wildman–Crippen MR) is 74.4 cm³/mol. The normalized spacial score (nSPS) is 31.2. The molecule has 5 heteroatoms. The van der Waals surface area contributed by atoms with Crippen molar-refractivity contribution >= 4 is 23.5 Å². The topological polar surface area (TPSA) is 35.5 Å². The molecule has 0 radical (unpaired) electrons. The molecule has 0 bridgehead atoms. The molecule has 0 aliphatic carbocycles. The Hall–Kier alpha value is 0.370. The molecule has 100 valence electrons. The average molecular weight is 325 g/mol. The Morgan fingerprint density at radius 1 is 1.24 bits per heavy atom. The van der Waals surface area contributed by atoms with E-state index in [1.54, 1.807) is 0 Å². The van der Waals surface area contributed by atoms with E-state index in [0.29, 0.717) is 0 Å². The summed E-state index contributed by atoms with van der Waals surface area (Å²) in [6.45, 7) is 12.2. The predicted octanol–water partition coefficient (Wildman–Crippen LogP) is 4.92. The summed E-state index contributed by atoms with van der Waals surface area (Å²) >= 11 is 3.56. The van der Waals surface area contributed by atoms with Crippen molar-refractivity contribution in [3.63, 3.8) is 0 Å². The average Bonchev–Trinajstić information content (AvgIpc) is 2.37. The van der Waals surface area contributed by atoms with E-state index in [9.17, 15) is 4.57 Å². The Morgan fingerprint density at radius 2 is 1.71 bits per heavy atom. The molecule has 1 aliphatic heterocycles. The first-order chi connectivity index (χ1) is 7.43. The van der Waals surface area contributed by atoms with Gasteiger partial charge in [-0.25, -0.2) is 0 Å². The van der Waals surface area contributed by atoms with Gasteiger partial charge in [0, 0.05) is 11.6 Å². The fourth-order valence-corrected chi connectivity index (χ4v) is 6.38. The third-order valence-electron chi connectivity index (χ3n) is 2.71. The summed E-state index contributed by atoms with van der Waals surface area (Å²) in [7, 11) is -1.72. The van der Waals surface area contributed by atoms with Crippen LogP contribution >= 0.6 is 23.5 Å². The van der Waals surface area contributed by atoms with Crippen LogP contribution in [0.3, 0.4) is 0 Å². The van der Waals surface area contributed by atoms with Gasteiger partial charge in [-0.1, -0.05) is 57.5 Å². The highest BCUT2D eigenvalue weighted by atomic mass is 79.9. The Labute approximate surface area is 113 Å². The summed E-state index contributed by atoms with van der Waals surface area (Å²) in [5, 5.41) is 0.757. The van der Waals surface area contributed by atoms with Crippen molar-refractivity contribution in [2.24, 2.45) is 10.8 Å². The smallest absolute Gasteiger partial charge is 0.309 e. The molecule has 0 saturated heterocycles. The van der Waals surface area contributed by atoms with E-state index in [-0.39, 0.29) is 16.9 Å². The Kier molecular flexibility index (Phi) is 4.07. The molecule has 0 amide bonds. The Balaban J connectivity index is 3.36. The van der Waals surface area contributed by atoms with Gasteiger partial charge >= 0.3 is 7.60 Å². The quantitative estimate of drug-likeness (QED) is 0.642. The largest absolute Gasteiger partial charge is 0.359 e. The molecular weight excluding hydrogens is 303 g/mol. The van der Waals surface area contributed by atoms with E-state index in [1.807, 2.05) is 20.8 Å². The van der Waals surface area contributed by atoms with E-state index in [0.717, 1.165) is 9.80 Å². The molecule has 0 N–H and O–H groups in total. The van der Waals surface area contributed by atoms with E-state index >= 15 is 0 Å². The zero-order chi connectivity index (χ0) is 13.6. The molecule has 2 atom stereocenters. The minimum atomic E-state index is -3.16. The van der Waals surface area contributed by atoms with Crippen molar-refractivity contribution in [2.45, 2.75) is 47.6 Å². The zero-order valence-electron chi connectivity index (χ0n) is 11.6. The molecule has 1 aliphatic rings. The maximum atomic E-state index is 12.7. The molecule has 0 aromatic carbocycles. The van der Waals surface area contributed by atoms with Crippen LogP contribution in [0.15, 0.2) is 9.80 Å². The Morgan fingerprint density at radius 3 is 1.94 bits per heavy atom. The minimum absolute atomic E-state index is 0.125. The summed E-state index contributed by atoms with van der Waals surface area (Å²) in [6.07, 6.45) is -0.220. The highest BCUT2D eigenvalue weighted by Gasteiger charge is 2.51. The highest BCUT2D eigenvalue weighted by molar-refractivity contribution is 9.11. The maximum Gasteiger partial charge on any atom is 0.359 e. The number of halogens is 1. The van der Waals surface area contributed by atoms with Crippen molar-refractivity contribution < 1.29 is 13.6 Å². The van der Waals surface area contributed by atoms with Crippen molar-refractivity contribution in [3.05, 3.63) is 9.80 Å². The van der Waals surface area contributed by atoms with E-state index in [1.165, 1.54) is 7.11 Å². The van der Waals surface area contributed by atoms with Gasteiger partial charge in [0.05, 0.1) is 5.31 Å². The number of hydrogen-bond acceptors (Lipinski definition) is 3. The molecule has 0 aromatic heterocycles. The number of allylic oxidation sites excluding steroid dienone is 1. The zero-order valence-corrected chi connectivity index (χ0v) is 14.1. The van der Waals surface area contributed by atoms with Gasteiger partial charge in [-0.05, 0) is 10.8 Å². The maximum absolute atomic E-state index is 12.7. The lowest BCUT2D eigenvalue weighted by atomic mass is 9.86. The lowest BCUT2D eigenvalue weighted by Crippen LogP contribution is -2.26. The van der Waals surface area contributed by atoms with Crippen LogP contribution in [0.25, 0.3) is 0 Å². The summed E-state index contributed by atoms with van der Waals surface area (Å²) in [5.74, 6) is 0. The lowest BCUT2D eigenvalue weighted by Gasteiger charge is -2.27. The van der Waals surface area contributed by atoms with Crippen LogP contribution in [-0.2, 0) is 13.6 Å². The van der Waals surface area contributed by atoms with Crippen molar-refractivity contribution in [1.82, 2.24) is 0 Å². The second-order valence-electron chi connectivity index (χ2n) is 6.48. The summed E-state index contributed by atoms with van der Waals surface area (Å²) < 4.78 is 24.5. The Bertz CT molecular complexity index is 388. The fraction of sp³-hybridized carbons (Fsp3) is 0.833. The van der Waals surface area contributed by atoms with Crippen LogP contribution in [0.5, 0.6) is 0 Å². The molecule has 0 aromatic rings. The molecule has 3 nitrogen and oxygen atoms in total. The van der Waals surface area contributed by atoms with Gasteiger partial charge in [-0.15, -0.1) is 0 Å². The SMILES string of the molecule is COP1(=O)OC(C(C)(C)C)C(Br)=C1C(C)(C)C. The molecule has 0 spiro atoms. The van der Waals surface area contributed by atoms with Crippen LogP contribution in [0, 0.1) is 10.8 Å². The standard InChI is InChI=1S/C12H22BrO3P/c1-11(2,3)9-8(13)10(12(4,5)6)17(14,15-7)16-9/h9H,1-7H3. The van der Waals surface area contributed by atoms with Crippen LogP contribution in [0.1, 0.15) is 41.5 Å². The minimum Gasteiger partial charge on any atom is -0.309 e. The van der Waals surface area contributed by atoms with Gasteiger partial charge in [0.15, 0.2) is 0 Å². The monoisotopic (exact) mass is 324 g/mol. The summed E-state index contributed by atoms with van der Waals surface area (Å²) in [6, 6.07) is 0. The molecule has 1 rings (SSSR count). The highest BCUT2D eigenvalue weighted by Crippen LogP contribution is 2.70. The first kappa shape index (κ1) is 15.4. The first-order valence-electron chi connectivity index (χ1n) is 5.68. The lowest BCUT2D eigenvalue weighted by molar-refractivity contribution is 0.116. The first-order valence-corrected chi connectivity index (χ1v) is 8.02. The second-order valence-corrected chi connectivity index (χ2v) is 9.35. The van der Waals surface area contributed by atoms with Gasteiger partial charge in [-0.2, -0.15) is 0 Å². The van der Waals surface area contributed by atoms with E-state index in [4.69, 9.17) is 9.05 Å². The molecule has 17 heavy (non-hydrogen) atoms. The van der Waals surface area contributed by atoms with Gasteiger partial charge in [0.1, 0.15) is 6.10 Å². The fourth-order valence-electron chi connectivity index (χ4n) is 1.93. The third kappa shape index (κ3) is 2.86. The van der Waals surface area contributed by atoms with Crippen molar-refractivity contribution in [3.8, 4) is 0 Å². The molecule has 0 fully saturated rings. The molecule has 2 unspecified atom stereocenters. The van der Waals surface area contributed by atoms with Crippen LogP contribution in [0.4, 0.5) is 0 Å². The van der Waals surface area contributed by atoms with Gasteiger partial charge < -0.3 is 4.52 Å². The van der Waals surface area contributed by atoms with Gasteiger partial charge in [-0.3, -0.25) is 9.09 Å². The summed E-state index contributed by atoms with van der Waals surface area (Å²) in [5.41, 5.74) is -0.371. The van der Waals surface area contributed by atoms with E-state index < -0.39 is 7.60 Å². The van der Waals surface area contributed by atoms with Crippen molar-refractivity contribution in [1.29, 1.82) is 0 Å². The van der Waals surface area contributed by atoms with Gasteiger partial charge in [0.25, 0.3) is 0 Å². The number of hydrogen-bond donors (Lipinski definition) is 0. The second kappa shape index (κ2) is 4.48. The summed E-state index contributed by atoms with van der Waals surface area (Å²) in [4.78, 5) is 0. The van der Waals surface area contributed by atoms with Crippen LogP contribution in [0.2, 0.25) is 0 Å².